The van der Waals surface area contributed by atoms with Gasteiger partial charge in [-0.1, -0.05) is 55.8 Å². The minimum atomic E-state index is -0.614. The molecule has 2 N–H and O–H groups in total. The summed E-state index contributed by atoms with van der Waals surface area (Å²) in [6.45, 7) is 7.61. The van der Waals surface area contributed by atoms with Crippen molar-refractivity contribution in [2.75, 3.05) is 0 Å². The Bertz CT molecular complexity index is 772. The first-order valence-electron chi connectivity index (χ1n) is 8.72. The molecule has 2 rings (SSSR count). The number of hydrogen-bond donors (Lipinski definition) is 2. The van der Waals surface area contributed by atoms with Gasteiger partial charge in [-0.3, -0.25) is 9.59 Å². The Morgan fingerprint density at radius 3 is 2.12 bits per heavy atom. The van der Waals surface area contributed by atoms with Gasteiger partial charge in [-0.05, 0) is 49.1 Å². The van der Waals surface area contributed by atoms with Crippen molar-refractivity contribution in [2.45, 2.75) is 39.8 Å². The highest BCUT2D eigenvalue weighted by Crippen LogP contribution is 2.17. The van der Waals surface area contributed by atoms with Crippen molar-refractivity contribution in [3.8, 4) is 0 Å². The first-order chi connectivity index (χ1) is 12.3. The summed E-state index contributed by atoms with van der Waals surface area (Å²) >= 11 is 5.91. The van der Waals surface area contributed by atoms with Gasteiger partial charge in [0.15, 0.2) is 0 Å². The molecule has 0 saturated heterocycles. The second kappa shape index (κ2) is 8.86. The summed E-state index contributed by atoms with van der Waals surface area (Å²) in [4.78, 5) is 25.3. The molecule has 0 aliphatic rings. The average Bonchev–Trinajstić information content (AvgIpc) is 2.59. The molecule has 2 amide bonds. The number of rotatable bonds is 6. The maximum absolute atomic E-state index is 12.7. The molecule has 0 aromatic heterocycles. The van der Waals surface area contributed by atoms with Crippen LogP contribution in [0.25, 0.3) is 0 Å². The van der Waals surface area contributed by atoms with E-state index >= 15 is 0 Å². The molecule has 0 heterocycles. The molecule has 0 fully saturated rings. The van der Waals surface area contributed by atoms with Crippen molar-refractivity contribution >= 4 is 23.4 Å². The van der Waals surface area contributed by atoms with Crippen LogP contribution in [-0.4, -0.2) is 17.9 Å². The summed E-state index contributed by atoms with van der Waals surface area (Å²) in [5.74, 6) is -0.485. The molecular weight excluding hydrogens is 348 g/mol. The van der Waals surface area contributed by atoms with Crippen LogP contribution in [0, 0.1) is 12.8 Å². The third-order valence-corrected chi connectivity index (χ3v) is 4.61. The molecular formula is C21H25ClN2O2. The summed E-state index contributed by atoms with van der Waals surface area (Å²) in [5, 5.41) is 6.49. The highest BCUT2D eigenvalue weighted by atomic mass is 35.5. The van der Waals surface area contributed by atoms with E-state index in [2.05, 4.69) is 10.6 Å². The van der Waals surface area contributed by atoms with Gasteiger partial charge >= 0.3 is 0 Å². The monoisotopic (exact) mass is 372 g/mol. The minimum Gasteiger partial charge on any atom is -0.348 e. The normalized spacial score (nSPS) is 13.2. The maximum Gasteiger partial charge on any atom is 0.252 e. The third-order valence-electron chi connectivity index (χ3n) is 4.35. The molecule has 0 spiro atoms. The van der Waals surface area contributed by atoms with Crippen molar-refractivity contribution in [3.05, 3.63) is 70.2 Å². The van der Waals surface area contributed by atoms with Crippen molar-refractivity contribution < 1.29 is 9.59 Å². The summed E-state index contributed by atoms with van der Waals surface area (Å²) in [6.07, 6.45) is 0. The quantitative estimate of drug-likeness (QED) is 0.795. The van der Waals surface area contributed by atoms with E-state index in [1.165, 1.54) is 0 Å². The summed E-state index contributed by atoms with van der Waals surface area (Å²) in [7, 11) is 0. The number of amides is 2. The molecule has 1 unspecified atom stereocenters. The molecule has 0 radical (unpaired) electrons. The van der Waals surface area contributed by atoms with E-state index in [1.54, 1.807) is 18.2 Å². The van der Waals surface area contributed by atoms with Gasteiger partial charge in [-0.15, -0.1) is 0 Å². The number of hydrogen-bond acceptors (Lipinski definition) is 2. The fourth-order valence-corrected chi connectivity index (χ4v) is 2.85. The van der Waals surface area contributed by atoms with E-state index in [-0.39, 0.29) is 23.8 Å². The van der Waals surface area contributed by atoms with E-state index in [0.29, 0.717) is 10.6 Å². The maximum atomic E-state index is 12.7. The van der Waals surface area contributed by atoms with Crippen LogP contribution in [0.5, 0.6) is 0 Å². The largest absolute Gasteiger partial charge is 0.348 e. The number of carbonyl (C=O) groups is 2. The Morgan fingerprint density at radius 1 is 0.923 bits per heavy atom. The van der Waals surface area contributed by atoms with E-state index in [9.17, 15) is 9.59 Å². The lowest BCUT2D eigenvalue weighted by atomic mass is 10.0. The van der Waals surface area contributed by atoms with Crippen LogP contribution in [0.1, 0.15) is 48.3 Å². The van der Waals surface area contributed by atoms with Gasteiger partial charge in [-0.25, -0.2) is 0 Å². The Balaban J connectivity index is 2.08. The minimum absolute atomic E-state index is 0.0413. The molecule has 0 aliphatic heterocycles. The first kappa shape index (κ1) is 20.0. The molecule has 0 aliphatic carbocycles. The summed E-state index contributed by atoms with van der Waals surface area (Å²) in [5.41, 5.74) is 2.41. The summed E-state index contributed by atoms with van der Waals surface area (Å²) < 4.78 is 0. The lowest BCUT2D eigenvalue weighted by Crippen LogP contribution is -2.50. The van der Waals surface area contributed by atoms with Gasteiger partial charge in [0, 0.05) is 10.6 Å². The fourth-order valence-electron chi connectivity index (χ4n) is 2.72. The van der Waals surface area contributed by atoms with E-state index in [1.807, 2.05) is 58.0 Å². The molecule has 4 nitrogen and oxygen atoms in total. The second-order valence-electron chi connectivity index (χ2n) is 6.79. The second-order valence-corrected chi connectivity index (χ2v) is 7.23. The molecule has 2 atom stereocenters. The SMILES string of the molecule is Cc1ccccc1C(=O)N[C@H](C(=O)NC(C)c1ccc(Cl)cc1)C(C)C. The first-order valence-corrected chi connectivity index (χ1v) is 9.09. The lowest BCUT2D eigenvalue weighted by Gasteiger charge is -2.24. The van der Waals surface area contributed by atoms with Crippen LogP contribution in [0.4, 0.5) is 0 Å². The number of nitrogens with one attached hydrogen (secondary N) is 2. The Hall–Kier alpha value is -2.33. The number of aryl methyl sites for hydroxylation is 1. The number of carbonyl (C=O) groups excluding carboxylic acids is 2. The van der Waals surface area contributed by atoms with Crippen LogP contribution in [-0.2, 0) is 4.79 Å². The predicted molar refractivity (Wildman–Crippen MR) is 105 cm³/mol. The van der Waals surface area contributed by atoms with Gasteiger partial charge in [0.1, 0.15) is 6.04 Å². The Labute approximate surface area is 159 Å². The van der Waals surface area contributed by atoms with E-state index < -0.39 is 6.04 Å². The zero-order valence-corrected chi connectivity index (χ0v) is 16.3. The van der Waals surface area contributed by atoms with Gasteiger partial charge < -0.3 is 10.6 Å². The zero-order valence-electron chi connectivity index (χ0n) is 15.5. The van der Waals surface area contributed by atoms with E-state index in [0.717, 1.165) is 11.1 Å². The number of halogens is 1. The van der Waals surface area contributed by atoms with Gasteiger partial charge in [0.2, 0.25) is 5.91 Å². The molecule has 0 saturated carbocycles. The van der Waals surface area contributed by atoms with Gasteiger partial charge in [0.25, 0.3) is 5.91 Å². The molecule has 138 valence electrons. The average molecular weight is 373 g/mol. The lowest BCUT2D eigenvalue weighted by molar-refractivity contribution is -0.124. The van der Waals surface area contributed by atoms with Crippen molar-refractivity contribution in [1.29, 1.82) is 0 Å². The van der Waals surface area contributed by atoms with Crippen LogP contribution >= 0.6 is 11.6 Å². The van der Waals surface area contributed by atoms with Crippen LogP contribution in [0.3, 0.4) is 0 Å². The Kier molecular flexibility index (Phi) is 6.81. The zero-order chi connectivity index (χ0) is 19.3. The smallest absolute Gasteiger partial charge is 0.252 e. The highest BCUT2D eigenvalue weighted by molar-refractivity contribution is 6.30. The van der Waals surface area contributed by atoms with Gasteiger partial charge in [-0.2, -0.15) is 0 Å². The topological polar surface area (TPSA) is 58.2 Å². The highest BCUT2D eigenvalue weighted by Gasteiger charge is 2.26. The van der Waals surface area contributed by atoms with Gasteiger partial charge in [0.05, 0.1) is 6.04 Å². The van der Waals surface area contributed by atoms with Crippen LogP contribution in [0.15, 0.2) is 48.5 Å². The summed E-state index contributed by atoms with van der Waals surface area (Å²) in [6, 6.07) is 13.9. The van der Waals surface area contributed by atoms with Crippen molar-refractivity contribution in [3.63, 3.8) is 0 Å². The molecule has 26 heavy (non-hydrogen) atoms. The standard InChI is InChI=1S/C21H25ClN2O2/c1-13(2)19(24-20(25)18-8-6-5-7-14(18)3)21(26)23-15(4)16-9-11-17(22)12-10-16/h5-13,15,19H,1-4H3,(H,23,26)(H,24,25)/t15?,19-/m0/s1. The number of benzene rings is 2. The molecule has 5 heteroatoms. The third kappa shape index (κ3) is 5.09. The van der Waals surface area contributed by atoms with Crippen molar-refractivity contribution in [2.24, 2.45) is 5.92 Å². The Morgan fingerprint density at radius 2 is 1.54 bits per heavy atom. The van der Waals surface area contributed by atoms with Crippen LogP contribution < -0.4 is 10.6 Å². The molecule has 0 bridgehead atoms. The van der Waals surface area contributed by atoms with Crippen LogP contribution in [0.2, 0.25) is 5.02 Å². The van der Waals surface area contributed by atoms with Crippen molar-refractivity contribution in [1.82, 2.24) is 10.6 Å². The van der Waals surface area contributed by atoms with E-state index in [4.69, 9.17) is 11.6 Å². The molecule has 2 aromatic carbocycles. The molecule has 2 aromatic rings. The predicted octanol–water partition coefficient (Wildman–Crippen LogP) is 4.28. The fraction of sp³-hybridized carbons (Fsp3) is 0.333.